The molecule has 3 aromatic rings. The Kier molecular flexibility index (Phi) is 4.46. The molecule has 0 saturated heterocycles. The maximum atomic E-state index is 12.5. The molecule has 2 heterocycles. The average Bonchev–Trinajstić information content (AvgIpc) is 3.23. The summed E-state index contributed by atoms with van der Waals surface area (Å²) in [7, 11) is 0. The van der Waals surface area contributed by atoms with Gasteiger partial charge in [0.25, 0.3) is 5.91 Å². The van der Waals surface area contributed by atoms with Crippen LogP contribution >= 0.6 is 0 Å². The van der Waals surface area contributed by atoms with Crippen LogP contribution in [0.15, 0.2) is 33.3 Å². The number of amides is 1. The molecule has 0 atom stereocenters. The minimum absolute atomic E-state index is 0.225. The molecule has 8 nitrogen and oxygen atoms in total. The van der Waals surface area contributed by atoms with Gasteiger partial charge in [0.1, 0.15) is 0 Å². The quantitative estimate of drug-likeness (QED) is 0.740. The minimum Gasteiger partial charge on any atom is -0.340 e. The van der Waals surface area contributed by atoms with E-state index in [-0.39, 0.29) is 17.0 Å². The third-order valence-electron chi connectivity index (χ3n) is 3.59. The maximum Gasteiger partial charge on any atom is 0.471 e. The Labute approximate surface area is 150 Å². The standard InChI is InChI=1S/C16H14F3N5O3/c1-8-20-13(24-26-8)15(2,3)22-12(25)10-6-4-9(5-7-10)11-21-14(27-23-11)16(17,18)19/h4-7H,1-3H3,(H,22,25). The van der Waals surface area contributed by atoms with Gasteiger partial charge in [-0.1, -0.05) is 22.4 Å². The van der Waals surface area contributed by atoms with Gasteiger partial charge in [-0.2, -0.15) is 23.1 Å². The normalized spacial score (nSPS) is 12.2. The predicted molar refractivity (Wildman–Crippen MR) is 84.3 cm³/mol. The Morgan fingerprint density at radius 3 is 2.22 bits per heavy atom. The first-order valence-corrected chi connectivity index (χ1v) is 7.71. The van der Waals surface area contributed by atoms with E-state index < -0.39 is 23.5 Å². The molecular weight excluding hydrogens is 367 g/mol. The van der Waals surface area contributed by atoms with Gasteiger partial charge < -0.3 is 14.4 Å². The highest BCUT2D eigenvalue weighted by Crippen LogP contribution is 2.29. The number of aryl methyl sites for hydroxylation is 1. The van der Waals surface area contributed by atoms with Crippen molar-refractivity contribution >= 4 is 5.91 Å². The van der Waals surface area contributed by atoms with E-state index in [9.17, 15) is 18.0 Å². The van der Waals surface area contributed by atoms with Gasteiger partial charge in [-0.25, -0.2) is 0 Å². The van der Waals surface area contributed by atoms with Gasteiger partial charge in [0.15, 0.2) is 5.82 Å². The first kappa shape index (κ1) is 18.5. The van der Waals surface area contributed by atoms with Crippen molar-refractivity contribution in [2.45, 2.75) is 32.5 Å². The van der Waals surface area contributed by atoms with Crippen molar-refractivity contribution in [3.63, 3.8) is 0 Å². The summed E-state index contributed by atoms with van der Waals surface area (Å²) in [5.41, 5.74) is -0.326. The lowest BCUT2D eigenvalue weighted by Gasteiger charge is -2.22. The summed E-state index contributed by atoms with van der Waals surface area (Å²) in [5.74, 6) is -1.39. The van der Waals surface area contributed by atoms with Crippen molar-refractivity contribution in [2.75, 3.05) is 0 Å². The molecule has 0 fully saturated rings. The summed E-state index contributed by atoms with van der Waals surface area (Å²) in [5, 5.41) is 9.85. The number of carbonyl (C=O) groups excluding carboxylic acids is 1. The van der Waals surface area contributed by atoms with E-state index in [1.165, 1.54) is 24.3 Å². The second-order valence-electron chi connectivity index (χ2n) is 6.21. The molecule has 0 aliphatic heterocycles. The summed E-state index contributed by atoms with van der Waals surface area (Å²) >= 11 is 0. The molecule has 0 radical (unpaired) electrons. The van der Waals surface area contributed by atoms with Crippen LogP contribution in [0.3, 0.4) is 0 Å². The number of carbonyl (C=O) groups is 1. The van der Waals surface area contributed by atoms with E-state index >= 15 is 0 Å². The molecule has 0 spiro atoms. The summed E-state index contributed by atoms with van der Waals surface area (Å²) < 4.78 is 46.7. The molecule has 142 valence electrons. The zero-order valence-electron chi connectivity index (χ0n) is 14.5. The monoisotopic (exact) mass is 381 g/mol. The highest BCUT2D eigenvalue weighted by atomic mass is 19.4. The van der Waals surface area contributed by atoms with Crippen molar-refractivity contribution in [3.05, 3.63) is 47.4 Å². The second-order valence-corrected chi connectivity index (χ2v) is 6.21. The van der Waals surface area contributed by atoms with Gasteiger partial charge in [-0.05, 0) is 26.0 Å². The number of hydrogen-bond donors (Lipinski definition) is 1. The molecule has 0 bridgehead atoms. The third-order valence-corrected chi connectivity index (χ3v) is 3.59. The lowest BCUT2D eigenvalue weighted by Crippen LogP contribution is -2.41. The number of nitrogens with one attached hydrogen (secondary N) is 1. The van der Waals surface area contributed by atoms with E-state index in [0.29, 0.717) is 11.7 Å². The Bertz CT molecular complexity index is 960. The molecule has 1 amide bonds. The van der Waals surface area contributed by atoms with Crippen LogP contribution in [0.1, 0.15) is 41.8 Å². The average molecular weight is 381 g/mol. The van der Waals surface area contributed by atoms with Gasteiger partial charge in [0.2, 0.25) is 11.7 Å². The molecule has 27 heavy (non-hydrogen) atoms. The van der Waals surface area contributed by atoms with Crippen LogP contribution in [-0.2, 0) is 11.7 Å². The number of halogens is 3. The smallest absolute Gasteiger partial charge is 0.340 e. The fourth-order valence-electron chi connectivity index (χ4n) is 2.19. The van der Waals surface area contributed by atoms with E-state index in [1.54, 1.807) is 20.8 Å². The van der Waals surface area contributed by atoms with E-state index in [0.717, 1.165) is 0 Å². The molecule has 1 N–H and O–H groups in total. The van der Waals surface area contributed by atoms with Crippen molar-refractivity contribution in [2.24, 2.45) is 0 Å². The molecule has 0 saturated carbocycles. The van der Waals surface area contributed by atoms with Crippen LogP contribution in [0.5, 0.6) is 0 Å². The number of rotatable bonds is 4. The Morgan fingerprint density at radius 1 is 1.04 bits per heavy atom. The Balaban J connectivity index is 1.75. The number of alkyl halides is 3. The van der Waals surface area contributed by atoms with Crippen LogP contribution in [0.4, 0.5) is 13.2 Å². The highest BCUT2D eigenvalue weighted by Gasteiger charge is 2.38. The van der Waals surface area contributed by atoms with Crippen molar-refractivity contribution in [1.82, 2.24) is 25.6 Å². The SMILES string of the molecule is Cc1nc(C(C)(C)NC(=O)c2ccc(-c3noc(C(F)(F)F)n3)cc2)no1. The molecule has 0 aliphatic rings. The topological polar surface area (TPSA) is 107 Å². The van der Waals surface area contributed by atoms with Crippen LogP contribution in [0.2, 0.25) is 0 Å². The van der Waals surface area contributed by atoms with E-state index in [4.69, 9.17) is 4.52 Å². The molecule has 0 unspecified atom stereocenters. The number of benzene rings is 1. The highest BCUT2D eigenvalue weighted by molar-refractivity contribution is 5.95. The van der Waals surface area contributed by atoms with Crippen LogP contribution in [0.25, 0.3) is 11.4 Å². The predicted octanol–water partition coefficient (Wildman–Crippen LogP) is 3.11. The summed E-state index contributed by atoms with van der Waals surface area (Å²) in [6, 6.07) is 5.72. The molecule has 11 heteroatoms. The van der Waals surface area contributed by atoms with Gasteiger partial charge >= 0.3 is 12.1 Å². The van der Waals surface area contributed by atoms with Crippen LogP contribution in [0, 0.1) is 6.92 Å². The first-order valence-electron chi connectivity index (χ1n) is 7.71. The Hall–Kier alpha value is -3.24. The van der Waals surface area contributed by atoms with Gasteiger partial charge in [0, 0.05) is 18.1 Å². The summed E-state index contributed by atoms with van der Waals surface area (Å²) in [6.45, 7) is 5.05. The fourth-order valence-corrected chi connectivity index (χ4v) is 2.19. The Morgan fingerprint density at radius 2 is 1.70 bits per heavy atom. The molecule has 0 aliphatic carbocycles. The van der Waals surface area contributed by atoms with Crippen LogP contribution in [-0.4, -0.2) is 26.2 Å². The second kappa shape index (κ2) is 6.49. The number of hydrogen-bond acceptors (Lipinski definition) is 7. The molecule has 1 aromatic carbocycles. The zero-order chi connectivity index (χ0) is 19.8. The van der Waals surface area contributed by atoms with Crippen LogP contribution < -0.4 is 5.32 Å². The lowest BCUT2D eigenvalue weighted by atomic mass is 10.0. The lowest BCUT2D eigenvalue weighted by molar-refractivity contribution is -0.159. The van der Waals surface area contributed by atoms with Crippen molar-refractivity contribution in [3.8, 4) is 11.4 Å². The third kappa shape index (κ3) is 3.96. The van der Waals surface area contributed by atoms with Gasteiger partial charge in [0.05, 0.1) is 5.54 Å². The minimum atomic E-state index is -4.72. The zero-order valence-corrected chi connectivity index (χ0v) is 14.5. The first-order chi connectivity index (χ1) is 12.6. The van der Waals surface area contributed by atoms with E-state index in [2.05, 4.69) is 30.1 Å². The molecule has 2 aromatic heterocycles. The number of aromatic nitrogens is 4. The maximum absolute atomic E-state index is 12.5. The molecule has 3 rings (SSSR count). The van der Waals surface area contributed by atoms with E-state index in [1.807, 2.05) is 0 Å². The van der Waals surface area contributed by atoms with Crippen molar-refractivity contribution < 1.29 is 27.0 Å². The fraction of sp³-hybridized carbons (Fsp3) is 0.312. The summed E-state index contributed by atoms with van der Waals surface area (Å²) in [4.78, 5) is 19.8. The number of nitrogens with zero attached hydrogens (tertiary/aromatic N) is 4. The van der Waals surface area contributed by atoms with Gasteiger partial charge in [-0.15, -0.1) is 0 Å². The van der Waals surface area contributed by atoms with Crippen molar-refractivity contribution in [1.29, 1.82) is 0 Å². The van der Waals surface area contributed by atoms with Gasteiger partial charge in [-0.3, -0.25) is 4.79 Å². The molecular formula is C16H14F3N5O3. The summed E-state index contributed by atoms with van der Waals surface area (Å²) in [6.07, 6.45) is -4.72. The largest absolute Gasteiger partial charge is 0.471 e.